The van der Waals surface area contributed by atoms with E-state index in [4.69, 9.17) is 21.5 Å². The molecular formula is C21H22ClF2NO3. The molecule has 1 saturated carbocycles. The number of ether oxygens (including phenoxy) is 1. The summed E-state index contributed by atoms with van der Waals surface area (Å²) in [6.45, 7) is 0.462. The Bertz CT molecular complexity index is 812. The van der Waals surface area contributed by atoms with Gasteiger partial charge < -0.3 is 4.74 Å². The summed E-state index contributed by atoms with van der Waals surface area (Å²) in [4.78, 5) is 11.8. The third kappa shape index (κ3) is 5.74. The van der Waals surface area contributed by atoms with Crippen LogP contribution in [0.5, 0.6) is 0 Å². The molecule has 2 N–H and O–H groups in total. The molecule has 150 valence electrons. The largest absolute Gasteiger partial charge is 0.377 e. The van der Waals surface area contributed by atoms with Crippen LogP contribution in [0.3, 0.4) is 0 Å². The Hall–Kier alpha value is -2.02. The first-order valence-electron chi connectivity index (χ1n) is 9.20. The highest BCUT2D eigenvalue weighted by Gasteiger charge is 2.31. The minimum absolute atomic E-state index is 0.141. The van der Waals surface area contributed by atoms with Gasteiger partial charge in [-0.3, -0.25) is 10.0 Å². The fourth-order valence-electron chi connectivity index (χ4n) is 3.21. The number of carbonyl (C=O) groups excluding carboxylic acids is 1. The van der Waals surface area contributed by atoms with Crippen molar-refractivity contribution in [1.82, 2.24) is 5.48 Å². The fourth-order valence-corrected chi connectivity index (χ4v) is 3.33. The minimum atomic E-state index is -0.691. The SMILES string of the molecule is O=C(C[C@@H](OCC1CC1)C(Cc1ccc(Cl)cc1)c1ccc(F)cc1F)NO. The van der Waals surface area contributed by atoms with Crippen molar-refractivity contribution >= 4 is 17.5 Å². The van der Waals surface area contributed by atoms with Gasteiger partial charge in [0.25, 0.3) is 0 Å². The number of carbonyl (C=O) groups is 1. The van der Waals surface area contributed by atoms with Crippen molar-refractivity contribution in [2.45, 2.75) is 37.7 Å². The topological polar surface area (TPSA) is 58.6 Å². The van der Waals surface area contributed by atoms with E-state index in [1.54, 1.807) is 17.6 Å². The van der Waals surface area contributed by atoms with E-state index < -0.39 is 29.6 Å². The second-order valence-electron chi connectivity index (χ2n) is 7.16. The number of amides is 1. The molecule has 1 unspecified atom stereocenters. The lowest BCUT2D eigenvalue weighted by Crippen LogP contribution is -2.32. The molecule has 3 rings (SSSR count). The Morgan fingerprint density at radius 1 is 1.21 bits per heavy atom. The Morgan fingerprint density at radius 2 is 1.93 bits per heavy atom. The second kappa shape index (κ2) is 9.45. The molecule has 0 aromatic heterocycles. The Kier molecular flexibility index (Phi) is 6.99. The van der Waals surface area contributed by atoms with Crippen LogP contribution in [0.15, 0.2) is 42.5 Å². The minimum Gasteiger partial charge on any atom is -0.377 e. The molecule has 2 aromatic carbocycles. The molecule has 0 bridgehead atoms. The maximum Gasteiger partial charge on any atom is 0.245 e. The Labute approximate surface area is 167 Å². The average molecular weight is 410 g/mol. The molecule has 0 heterocycles. The number of rotatable bonds is 9. The van der Waals surface area contributed by atoms with Crippen molar-refractivity contribution in [3.05, 3.63) is 70.2 Å². The van der Waals surface area contributed by atoms with E-state index in [1.165, 1.54) is 12.1 Å². The molecule has 7 heteroatoms. The predicted octanol–water partition coefficient (Wildman–Crippen LogP) is 4.64. The standard InChI is InChI=1S/C21H22ClF2NO3/c22-15-5-3-13(4-6-15)9-18(17-8-7-16(23)10-19(17)24)20(11-21(26)25-27)28-12-14-1-2-14/h3-8,10,14,18,20,27H,1-2,9,11-12H2,(H,25,26)/t18?,20-/m1/s1. The van der Waals surface area contributed by atoms with Gasteiger partial charge in [0.15, 0.2) is 0 Å². The van der Waals surface area contributed by atoms with E-state index in [9.17, 15) is 13.6 Å². The van der Waals surface area contributed by atoms with E-state index in [-0.39, 0.29) is 12.0 Å². The molecule has 2 aromatic rings. The maximum absolute atomic E-state index is 14.6. The predicted molar refractivity (Wildman–Crippen MR) is 101 cm³/mol. The van der Waals surface area contributed by atoms with Crippen LogP contribution in [0.1, 0.15) is 36.3 Å². The second-order valence-corrected chi connectivity index (χ2v) is 7.59. The van der Waals surface area contributed by atoms with Gasteiger partial charge in [0.2, 0.25) is 5.91 Å². The summed E-state index contributed by atoms with van der Waals surface area (Å²) in [6.07, 6.45) is 1.67. The molecule has 2 atom stereocenters. The molecule has 1 fully saturated rings. The lowest BCUT2D eigenvalue weighted by Gasteiger charge is -2.28. The van der Waals surface area contributed by atoms with Gasteiger partial charge in [0, 0.05) is 23.6 Å². The van der Waals surface area contributed by atoms with E-state index in [2.05, 4.69) is 0 Å². The van der Waals surface area contributed by atoms with Crippen LogP contribution in [0.2, 0.25) is 5.02 Å². The Balaban J connectivity index is 1.92. The van der Waals surface area contributed by atoms with Crippen LogP contribution < -0.4 is 5.48 Å². The van der Waals surface area contributed by atoms with Crippen LogP contribution in [0, 0.1) is 17.6 Å². The summed E-state index contributed by atoms with van der Waals surface area (Å²) in [7, 11) is 0. The molecule has 4 nitrogen and oxygen atoms in total. The monoisotopic (exact) mass is 409 g/mol. The summed E-state index contributed by atoms with van der Waals surface area (Å²) in [5.74, 6) is -2.09. The molecule has 0 aliphatic heterocycles. The van der Waals surface area contributed by atoms with Gasteiger partial charge in [-0.2, -0.15) is 0 Å². The van der Waals surface area contributed by atoms with Crippen LogP contribution in [-0.2, 0) is 16.0 Å². The van der Waals surface area contributed by atoms with E-state index >= 15 is 0 Å². The summed E-state index contributed by atoms with van der Waals surface area (Å²) < 4.78 is 34.0. The van der Waals surface area contributed by atoms with Crippen molar-refractivity contribution in [1.29, 1.82) is 0 Å². The third-order valence-electron chi connectivity index (χ3n) is 4.93. The van der Waals surface area contributed by atoms with Crippen LogP contribution in [0.25, 0.3) is 0 Å². The van der Waals surface area contributed by atoms with Crippen molar-refractivity contribution in [3.8, 4) is 0 Å². The van der Waals surface area contributed by atoms with Crippen molar-refractivity contribution in [2.75, 3.05) is 6.61 Å². The number of hydrogen-bond donors (Lipinski definition) is 2. The number of benzene rings is 2. The number of nitrogens with one attached hydrogen (secondary N) is 1. The zero-order valence-corrected chi connectivity index (χ0v) is 16.0. The molecule has 1 aliphatic rings. The van der Waals surface area contributed by atoms with E-state index in [0.717, 1.165) is 24.5 Å². The molecule has 1 aliphatic carbocycles. The number of hydrogen-bond acceptors (Lipinski definition) is 3. The average Bonchev–Trinajstić information content (AvgIpc) is 3.49. The van der Waals surface area contributed by atoms with E-state index in [1.807, 2.05) is 12.1 Å². The van der Waals surface area contributed by atoms with Crippen molar-refractivity contribution < 1.29 is 23.5 Å². The van der Waals surface area contributed by atoms with Gasteiger partial charge in [0.05, 0.1) is 12.5 Å². The van der Waals surface area contributed by atoms with Gasteiger partial charge in [-0.05, 0) is 54.5 Å². The highest BCUT2D eigenvalue weighted by atomic mass is 35.5. The lowest BCUT2D eigenvalue weighted by molar-refractivity contribution is -0.132. The molecule has 0 saturated heterocycles. The fraction of sp³-hybridized carbons (Fsp3) is 0.381. The highest BCUT2D eigenvalue weighted by Crippen LogP contribution is 2.34. The molecule has 28 heavy (non-hydrogen) atoms. The molecular weight excluding hydrogens is 388 g/mol. The first kappa shape index (κ1) is 20.7. The van der Waals surface area contributed by atoms with E-state index in [0.29, 0.717) is 24.0 Å². The summed E-state index contributed by atoms with van der Waals surface area (Å²) in [5.41, 5.74) is 2.75. The van der Waals surface area contributed by atoms with Gasteiger partial charge in [0.1, 0.15) is 11.6 Å². The van der Waals surface area contributed by atoms with Crippen molar-refractivity contribution in [2.24, 2.45) is 5.92 Å². The maximum atomic E-state index is 14.6. The molecule has 1 amide bonds. The zero-order chi connectivity index (χ0) is 20.1. The van der Waals surface area contributed by atoms with Gasteiger partial charge in [-0.1, -0.05) is 29.8 Å². The first-order valence-corrected chi connectivity index (χ1v) is 9.58. The quantitative estimate of drug-likeness (QED) is 0.468. The van der Waals surface area contributed by atoms with Crippen LogP contribution in [0.4, 0.5) is 8.78 Å². The van der Waals surface area contributed by atoms with Gasteiger partial charge in [-0.25, -0.2) is 14.3 Å². The van der Waals surface area contributed by atoms with Gasteiger partial charge in [-0.15, -0.1) is 0 Å². The smallest absolute Gasteiger partial charge is 0.245 e. The zero-order valence-electron chi connectivity index (χ0n) is 15.2. The van der Waals surface area contributed by atoms with Gasteiger partial charge >= 0.3 is 0 Å². The highest BCUT2D eigenvalue weighted by molar-refractivity contribution is 6.30. The van der Waals surface area contributed by atoms with Crippen LogP contribution in [-0.4, -0.2) is 23.8 Å². The summed E-state index contributed by atoms with van der Waals surface area (Å²) in [6, 6.07) is 10.5. The third-order valence-corrected chi connectivity index (χ3v) is 5.19. The van der Waals surface area contributed by atoms with Crippen molar-refractivity contribution in [3.63, 3.8) is 0 Å². The number of hydroxylamine groups is 1. The van der Waals surface area contributed by atoms with Crippen LogP contribution >= 0.6 is 11.6 Å². The summed E-state index contributed by atoms with van der Waals surface area (Å²) >= 11 is 5.94. The number of halogens is 3. The molecule has 0 spiro atoms. The normalized spacial score (nSPS) is 15.9. The lowest BCUT2D eigenvalue weighted by atomic mass is 9.85. The molecule has 0 radical (unpaired) electrons. The Morgan fingerprint density at radius 3 is 2.54 bits per heavy atom. The summed E-state index contributed by atoms with van der Waals surface area (Å²) in [5, 5.41) is 9.52. The first-order chi connectivity index (χ1) is 13.5.